The first-order chi connectivity index (χ1) is 15.6. The molecule has 1 aliphatic heterocycles. The zero-order chi connectivity index (χ0) is 22.1. The Labute approximate surface area is 185 Å². The van der Waals surface area contributed by atoms with Crippen molar-refractivity contribution in [3.8, 4) is 0 Å². The molecule has 5 rings (SSSR count). The van der Waals surface area contributed by atoms with Crippen LogP contribution in [0.25, 0.3) is 10.8 Å². The van der Waals surface area contributed by atoms with Gasteiger partial charge >= 0.3 is 6.03 Å². The fourth-order valence-corrected chi connectivity index (χ4v) is 4.15. The molecule has 0 saturated heterocycles. The van der Waals surface area contributed by atoms with Crippen molar-refractivity contribution in [1.29, 1.82) is 0 Å². The fourth-order valence-electron chi connectivity index (χ4n) is 4.15. The van der Waals surface area contributed by atoms with Crippen molar-refractivity contribution in [1.82, 2.24) is 10.3 Å². The van der Waals surface area contributed by atoms with Crippen LogP contribution < -0.4 is 15.5 Å². The predicted molar refractivity (Wildman–Crippen MR) is 125 cm³/mol. The van der Waals surface area contributed by atoms with E-state index in [-0.39, 0.29) is 18.4 Å². The highest BCUT2D eigenvalue weighted by Crippen LogP contribution is 2.30. The van der Waals surface area contributed by atoms with E-state index in [0.29, 0.717) is 30.0 Å². The van der Waals surface area contributed by atoms with Crippen LogP contribution in [0.3, 0.4) is 0 Å². The van der Waals surface area contributed by atoms with E-state index in [2.05, 4.69) is 27.8 Å². The van der Waals surface area contributed by atoms with E-state index in [9.17, 15) is 9.18 Å². The minimum Gasteiger partial charge on any atom is -0.360 e. The maximum absolute atomic E-state index is 14.8. The van der Waals surface area contributed by atoms with Gasteiger partial charge in [-0.15, -0.1) is 0 Å². The van der Waals surface area contributed by atoms with E-state index in [1.54, 1.807) is 12.3 Å². The molecular formula is C26H23FN4O. The number of aromatic nitrogens is 1. The van der Waals surface area contributed by atoms with Gasteiger partial charge in [0.15, 0.2) is 0 Å². The molecular weight excluding hydrogens is 403 g/mol. The highest BCUT2D eigenvalue weighted by Gasteiger charge is 2.21. The number of pyridine rings is 1. The summed E-state index contributed by atoms with van der Waals surface area (Å²) in [5.41, 5.74) is 5.33. The number of halogens is 1. The lowest BCUT2D eigenvalue weighted by molar-refractivity contribution is 0.251. The average molecular weight is 426 g/mol. The molecule has 5 nitrogen and oxygen atoms in total. The summed E-state index contributed by atoms with van der Waals surface area (Å²) in [7, 11) is 0. The third kappa shape index (κ3) is 3.99. The van der Waals surface area contributed by atoms with E-state index < -0.39 is 0 Å². The third-order valence-corrected chi connectivity index (χ3v) is 5.80. The smallest absolute Gasteiger partial charge is 0.319 e. The van der Waals surface area contributed by atoms with E-state index >= 15 is 0 Å². The second kappa shape index (κ2) is 8.30. The van der Waals surface area contributed by atoms with Crippen LogP contribution in [-0.4, -0.2) is 11.0 Å². The highest BCUT2D eigenvalue weighted by molar-refractivity contribution is 6.01. The number of fused-ring (bicyclic) bond motifs is 2. The molecule has 2 heterocycles. The molecule has 6 heteroatoms. The van der Waals surface area contributed by atoms with Crippen LogP contribution in [0.15, 0.2) is 72.9 Å². The van der Waals surface area contributed by atoms with Crippen LogP contribution in [0.1, 0.15) is 22.4 Å². The Balaban J connectivity index is 1.24. The molecule has 0 saturated carbocycles. The molecule has 32 heavy (non-hydrogen) atoms. The molecule has 3 aromatic carbocycles. The number of aryl methyl sites for hydroxylation is 1. The first-order valence-corrected chi connectivity index (χ1v) is 10.6. The first kappa shape index (κ1) is 20.0. The van der Waals surface area contributed by atoms with Gasteiger partial charge in [-0.25, -0.2) is 9.18 Å². The van der Waals surface area contributed by atoms with E-state index in [1.807, 2.05) is 54.3 Å². The van der Waals surface area contributed by atoms with Crippen molar-refractivity contribution in [3.05, 3.63) is 101 Å². The lowest BCUT2D eigenvalue weighted by atomic mass is 10.1. The zero-order valence-corrected chi connectivity index (χ0v) is 17.7. The molecule has 1 aromatic heterocycles. The number of carbonyl (C=O) groups is 1. The third-order valence-electron chi connectivity index (χ3n) is 5.80. The molecule has 0 unspecified atom stereocenters. The molecule has 160 valence electrons. The van der Waals surface area contributed by atoms with Crippen LogP contribution in [0.5, 0.6) is 0 Å². The monoisotopic (exact) mass is 426 g/mol. The van der Waals surface area contributed by atoms with Gasteiger partial charge in [0.2, 0.25) is 0 Å². The molecule has 0 fully saturated rings. The number of urea groups is 1. The van der Waals surface area contributed by atoms with E-state index in [4.69, 9.17) is 0 Å². The molecule has 1 aliphatic rings. The molecule has 2 amide bonds. The number of rotatable bonds is 4. The Morgan fingerprint density at radius 1 is 1.03 bits per heavy atom. The van der Waals surface area contributed by atoms with Crippen molar-refractivity contribution in [2.24, 2.45) is 0 Å². The number of nitrogens with zero attached hydrogens (tertiary/aromatic N) is 2. The summed E-state index contributed by atoms with van der Waals surface area (Å²) in [6.45, 7) is 3.55. The summed E-state index contributed by atoms with van der Waals surface area (Å²) in [5, 5.41) is 7.58. The summed E-state index contributed by atoms with van der Waals surface area (Å²) < 4.78 is 14.8. The van der Waals surface area contributed by atoms with Gasteiger partial charge in [0.25, 0.3) is 0 Å². The predicted octanol–water partition coefficient (Wildman–Crippen LogP) is 5.52. The summed E-state index contributed by atoms with van der Waals surface area (Å²) >= 11 is 0. The van der Waals surface area contributed by atoms with Gasteiger partial charge in [-0.2, -0.15) is 0 Å². The second-order valence-electron chi connectivity index (χ2n) is 8.07. The van der Waals surface area contributed by atoms with Gasteiger partial charge in [-0.05, 0) is 47.9 Å². The fraction of sp³-hybridized carbons (Fsp3) is 0.154. The first-order valence-electron chi connectivity index (χ1n) is 10.6. The van der Waals surface area contributed by atoms with Crippen LogP contribution in [0.4, 0.5) is 20.6 Å². The Morgan fingerprint density at radius 2 is 1.81 bits per heavy atom. The summed E-state index contributed by atoms with van der Waals surface area (Å²) in [4.78, 5) is 18.8. The molecule has 0 bridgehead atoms. The van der Waals surface area contributed by atoms with Crippen LogP contribution >= 0.6 is 0 Å². The second-order valence-corrected chi connectivity index (χ2v) is 8.07. The van der Waals surface area contributed by atoms with Crippen LogP contribution in [0.2, 0.25) is 0 Å². The topological polar surface area (TPSA) is 57.3 Å². The number of hydrogen-bond donors (Lipinski definition) is 2. The lowest BCUT2D eigenvalue weighted by Gasteiger charge is -2.19. The summed E-state index contributed by atoms with van der Waals surface area (Å²) in [6.07, 6.45) is 1.79. The molecule has 0 radical (unpaired) electrons. The average Bonchev–Trinajstić information content (AvgIpc) is 3.22. The Bertz CT molecular complexity index is 1300. The minimum atomic E-state index is -0.341. The number of benzene rings is 3. The summed E-state index contributed by atoms with van der Waals surface area (Å²) in [5.74, 6) is -0.283. The standard InChI is InChI=1S/C26H23FN4O/c1-17-11-22-19(14-28-17)7-4-8-24(22)30-26(32)29-13-18-9-10-25(23(27)12-18)31-15-20-5-2-3-6-21(20)16-31/h2-12,14H,13,15-16H2,1H3,(H2,29,30,32). The van der Waals surface area contributed by atoms with Gasteiger partial charge in [0.05, 0.1) is 11.4 Å². The van der Waals surface area contributed by atoms with Gasteiger partial charge in [-0.1, -0.05) is 42.5 Å². The SMILES string of the molecule is Cc1cc2c(NC(=O)NCc3ccc(N4Cc5ccccc5C4)c(F)c3)cccc2cn1. The zero-order valence-electron chi connectivity index (χ0n) is 17.7. The van der Waals surface area contributed by atoms with Crippen molar-refractivity contribution < 1.29 is 9.18 Å². The van der Waals surface area contributed by atoms with Crippen LogP contribution in [-0.2, 0) is 19.6 Å². The number of amides is 2. The van der Waals surface area contributed by atoms with Gasteiger partial charge in [0, 0.05) is 42.3 Å². The van der Waals surface area contributed by atoms with E-state index in [1.165, 1.54) is 17.2 Å². The maximum Gasteiger partial charge on any atom is 0.319 e. The van der Waals surface area contributed by atoms with Crippen molar-refractivity contribution in [2.45, 2.75) is 26.6 Å². The van der Waals surface area contributed by atoms with Crippen molar-refractivity contribution >= 4 is 28.2 Å². The number of nitrogens with one attached hydrogen (secondary N) is 2. The van der Waals surface area contributed by atoms with Gasteiger partial charge in [-0.3, -0.25) is 4.98 Å². The lowest BCUT2D eigenvalue weighted by Crippen LogP contribution is -2.28. The molecule has 0 aliphatic carbocycles. The minimum absolute atomic E-state index is 0.231. The Morgan fingerprint density at radius 3 is 2.56 bits per heavy atom. The summed E-state index contributed by atoms with van der Waals surface area (Å²) in [6, 6.07) is 20.6. The number of hydrogen-bond acceptors (Lipinski definition) is 3. The highest BCUT2D eigenvalue weighted by atomic mass is 19.1. The van der Waals surface area contributed by atoms with Crippen molar-refractivity contribution in [3.63, 3.8) is 0 Å². The molecule has 0 spiro atoms. The normalized spacial score (nSPS) is 12.6. The molecule has 4 aromatic rings. The number of carbonyl (C=O) groups excluding carboxylic acids is 1. The maximum atomic E-state index is 14.8. The quantitative estimate of drug-likeness (QED) is 0.452. The van der Waals surface area contributed by atoms with Crippen molar-refractivity contribution in [2.75, 3.05) is 10.2 Å². The molecule has 0 atom stereocenters. The van der Waals surface area contributed by atoms with Gasteiger partial charge < -0.3 is 15.5 Å². The molecule has 2 N–H and O–H groups in total. The largest absolute Gasteiger partial charge is 0.360 e. The Kier molecular flexibility index (Phi) is 5.19. The Hall–Kier alpha value is -3.93. The van der Waals surface area contributed by atoms with E-state index in [0.717, 1.165) is 16.5 Å². The van der Waals surface area contributed by atoms with Gasteiger partial charge in [0.1, 0.15) is 5.82 Å². The van der Waals surface area contributed by atoms with Crippen LogP contribution in [0, 0.1) is 12.7 Å². The number of anilines is 2.